The molecule has 8 heteroatoms. The Balaban J connectivity index is 1.71. The predicted molar refractivity (Wildman–Crippen MR) is 101 cm³/mol. The summed E-state index contributed by atoms with van der Waals surface area (Å²) in [5, 5.41) is 18.2. The van der Waals surface area contributed by atoms with E-state index in [-0.39, 0.29) is 5.69 Å². The zero-order valence-electron chi connectivity index (χ0n) is 13.1. The molecule has 1 aromatic heterocycles. The van der Waals surface area contributed by atoms with E-state index in [2.05, 4.69) is 15.5 Å². The maximum atomic E-state index is 10.7. The molecule has 0 saturated carbocycles. The number of halogens is 1. The van der Waals surface area contributed by atoms with Gasteiger partial charge >= 0.3 is 0 Å². The smallest absolute Gasteiger partial charge is 0.258 e. The summed E-state index contributed by atoms with van der Waals surface area (Å²) < 4.78 is 0. The minimum absolute atomic E-state index is 0.0528. The lowest BCUT2D eigenvalue weighted by atomic mass is 10.1. The molecule has 25 heavy (non-hydrogen) atoms. The number of hydrogen-bond acceptors (Lipinski definition) is 6. The molecule has 0 amide bonds. The third kappa shape index (κ3) is 4.20. The summed E-state index contributed by atoms with van der Waals surface area (Å²) >= 11 is 7.33. The van der Waals surface area contributed by atoms with Crippen molar-refractivity contribution < 1.29 is 4.92 Å². The monoisotopic (exact) mass is 372 g/mol. The highest BCUT2D eigenvalue weighted by Gasteiger charge is 2.07. The predicted octanol–water partition coefficient (Wildman–Crippen LogP) is 5.21. The van der Waals surface area contributed by atoms with Crippen LogP contribution in [-0.2, 0) is 0 Å². The summed E-state index contributed by atoms with van der Waals surface area (Å²) in [7, 11) is 0. The van der Waals surface area contributed by atoms with Crippen molar-refractivity contribution in [2.24, 2.45) is 5.10 Å². The molecule has 0 bridgehead atoms. The van der Waals surface area contributed by atoms with Gasteiger partial charge in [-0.05, 0) is 36.8 Å². The highest BCUT2D eigenvalue weighted by molar-refractivity contribution is 7.14. The second kappa shape index (κ2) is 7.42. The lowest BCUT2D eigenvalue weighted by molar-refractivity contribution is -0.384. The van der Waals surface area contributed by atoms with Crippen molar-refractivity contribution in [1.82, 2.24) is 4.98 Å². The van der Waals surface area contributed by atoms with Crippen LogP contribution in [0.25, 0.3) is 11.3 Å². The van der Waals surface area contributed by atoms with Crippen LogP contribution < -0.4 is 5.43 Å². The minimum atomic E-state index is -0.428. The van der Waals surface area contributed by atoms with E-state index < -0.39 is 4.92 Å². The summed E-state index contributed by atoms with van der Waals surface area (Å²) in [6.45, 7) is 1.82. The quantitative estimate of drug-likeness (QED) is 0.379. The van der Waals surface area contributed by atoms with Gasteiger partial charge in [0.1, 0.15) is 0 Å². The van der Waals surface area contributed by atoms with Gasteiger partial charge in [0, 0.05) is 28.1 Å². The Morgan fingerprint density at radius 3 is 2.52 bits per heavy atom. The molecule has 0 aliphatic carbocycles. The number of anilines is 1. The van der Waals surface area contributed by atoms with Gasteiger partial charge in [0.2, 0.25) is 5.13 Å². The SMILES string of the molecule is C/C(=N\Nc1nc(-c2ccc(Cl)cc2)cs1)c1ccc([N+](=O)[O-])cc1. The molecule has 6 nitrogen and oxygen atoms in total. The first-order chi connectivity index (χ1) is 12.0. The molecule has 2 aromatic carbocycles. The van der Waals surface area contributed by atoms with Gasteiger partial charge < -0.3 is 0 Å². The number of rotatable bonds is 5. The van der Waals surface area contributed by atoms with Gasteiger partial charge in [-0.1, -0.05) is 23.7 Å². The third-order valence-electron chi connectivity index (χ3n) is 3.46. The van der Waals surface area contributed by atoms with E-state index in [0.717, 1.165) is 16.8 Å². The molecule has 0 atom stereocenters. The molecule has 0 aliphatic heterocycles. The standard InChI is InChI=1S/C17H13ClN4O2S/c1-11(12-4-8-15(9-5-12)22(23)24)20-21-17-19-16(10-25-17)13-2-6-14(18)7-3-13/h2-10H,1H3,(H,19,21)/b20-11+. The Morgan fingerprint density at radius 1 is 1.20 bits per heavy atom. The van der Waals surface area contributed by atoms with Crippen LogP contribution in [0.1, 0.15) is 12.5 Å². The number of thiazole rings is 1. The fraction of sp³-hybridized carbons (Fsp3) is 0.0588. The summed E-state index contributed by atoms with van der Waals surface area (Å²) in [6, 6.07) is 13.7. The largest absolute Gasteiger partial charge is 0.269 e. The van der Waals surface area contributed by atoms with Crippen LogP contribution >= 0.6 is 22.9 Å². The summed E-state index contributed by atoms with van der Waals surface area (Å²) in [4.78, 5) is 14.7. The first kappa shape index (κ1) is 17.1. The van der Waals surface area contributed by atoms with Crippen molar-refractivity contribution in [2.45, 2.75) is 6.92 Å². The Morgan fingerprint density at radius 2 is 1.88 bits per heavy atom. The zero-order valence-corrected chi connectivity index (χ0v) is 14.7. The maximum absolute atomic E-state index is 10.7. The Bertz CT molecular complexity index is 921. The molecule has 0 radical (unpaired) electrons. The van der Waals surface area contributed by atoms with Gasteiger partial charge in [-0.25, -0.2) is 4.98 Å². The first-order valence-electron chi connectivity index (χ1n) is 7.29. The number of aromatic nitrogens is 1. The van der Waals surface area contributed by atoms with Gasteiger partial charge in [-0.2, -0.15) is 5.10 Å². The van der Waals surface area contributed by atoms with Gasteiger partial charge in [-0.3, -0.25) is 15.5 Å². The summed E-state index contributed by atoms with van der Waals surface area (Å²) in [5.74, 6) is 0. The molecule has 0 aliphatic rings. The number of nitro benzene ring substituents is 1. The third-order valence-corrected chi connectivity index (χ3v) is 4.46. The summed E-state index contributed by atoms with van der Waals surface area (Å²) in [6.07, 6.45) is 0. The molecule has 126 valence electrons. The molecule has 3 aromatic rings. The van der Waals surface area contributed by atoms with E-state index in [1.165, 1.54) is 23.5 Å². The number of non-ortho nitro benzene ring substituents is 1. The van der Waals surface area contributed by atoms with Crippen LogP contribution in [0, 0.1) is 10.1 Å². The molecule has 3 rings (SSSR count). The van der Waals surface area contributed by atoms with E-state index in [9.17, 15) is 10.1 Å². The summed E-state index contributed by atoms with van der Waals surface area (Å²) in [5.41, 5.74) is 6.29. The molecule has 1 heterocycles. The topological polar surface area (TPSA) is 80.4 Å². The van der Waals surface area contributed by atoms with Crippen molar-refractivity contribution in [3.63, 3.8) is 0 Å². The van der Waals surface area contributed by atoms with Gasteiger partial charge in [0.05, 0.1) is 16.3 Å². The average Bonchev–Trinajstić information content (AvgIpc) is 3.09. The Kier molecular flexibility index (Phi) is 5.06. The van der Waals surface area contributed by atoms with Crippen molar-refractivity contribution in [1.29, 1.82) is 0 Å². The highest BCUT2D eigenvalue weighted by atomic mass is 35.5. The number of benzene rings is 2. The van der Waals surface area contributed by atoms with Crippen molar-refractivity contribution >= 4 is 39.5 Å². The average molecular weight is 373 g/mol. The van der Waals surface area contributed by atoms with Crippen molar-refractivity contribution in [2.75, 3.05) is 5.43 Å². The van der Waals surface area contributed by atoms with E-state index in [1.54, 1.807) is 12.1 Å². The second-order valence-electron chi connectivity index (χ2n) is 5.16. The second-order valence-corrected chi connectivity index (χ2v) is 6.45. The lowest BCUT2D eigenvalue weighted by Crippen LogP contribution is -2.00. The highest BCUT2D eigenvalue weighted by Crippen LogP contribution is 2.26. The van der Waals surface area contributed by atoms with Gasteiger partial charge in [0.15, 0.2) is 0 Å². The molecule has 0 unspecified atom stereocenters. The van der Waals surface area contributed by atoms with Crippen LogP contribution in [0.4, 0.5) is 10.8 Å². The molecular weight excluding hydrogens is 360 g/mol. The number of hydrogen-bond donors (Lipinski definition) is 1. The maximum Gasteiger partial charge on any atom is 0.269 e. The number of nitrogens with zero attached hydrogens (tertiary/aromatic N) is 3. The molecule has 1 N–H and O–H groups in total. The Labute approximate surface area is 153 Å². The van der Waals surface area contributed by atoms with Crippen LogP contribution in [0.3, 0.4) is 0 Å². The number of nitro groups is 1. The fourth-order valence-electron chi connectivity index (χ4n) is 2.10. The van der Waals surface area contributed by atoms with E-state index in [4.69, 9.17) is 11.6 Å². The Hall–Kier alpha value is -2.77. The molecule has 0 saturated heterocycles. The molecule has 0 fully saturated rings. The lowest BCUT2D eigenvalue weighted by Gasteiger charge is -2.01. The zero-order chi connectivity index (χ0) is 17.8. The van der Waals surface area contributed by atoms with Gasteiger partial charge in [0.25, 0.3) is 5.69 Å². The van der Waals surface area contributed by atoms with Crippen molar-refractivity contribution in [3.8, 4) is 11.3 Å². The number of hydrazone groups is 1. The fourth-order valence-corrected chi connectivity index (χ4v) is 2.89. The van der Waals surface area contributed by atoms with E-state index in [1.807, 2.05) is 36.6 Å². The van der Waals surface area contributed by atoms with Crippen molar-refractivity contribution in [3.05, 3.63) is 74.6 Å². The van der Waals surface area contributed by atoms with Crippen LogP contribution in [0.2, 0.25) is 5.02 Å². The normalized spacial score (nSPS) is 11.4. The van der Waals surface area contributed by atoms with Crippen LogP contribution in [0.5, 0.6) is 0 Å². The van der Waals surface area contributed by atoms with E-state index >= 15 is 0 Å². The molecule has 0 spiro atoms. The van der Waals surface area contributed by atoms with Crippen LogP contribution in [0.15, 0.2) is 59.0 Å². The first-order valence-corrected chi connectivity index (χ1v) is 8.55. The number of nitrogens with one attached hydrogen (secondary N) is 1. The van der Waals surface area contributed by atoms with E-state index in [0.29, 0.717) is 15.9 Å². The minimum Gasteiger partial charge on any atom is -0.258 e. The van der Waals surface area contributed by atoms with Crippen LogP contribution in [-0.4, -0.2) is 15.6 Å². The molecular formula is C17H13ClN4O2S. The van der Waals surface area contributed by atoms with Gasteiger partial charge in [-0.15, -0.1) is 11.3 Å².